The second-order valence-electron chi connectivity index (χ2n) is 5.55. The van der Waals surface area contributed by atoms with Crippen molar-refractivity contribution < 1.29 is 9.59 Å². The third-order valence-corrected chi connectivity index (χ3v) is 7.21. The molecule has 8 nitrogen and oxygen atoms in total. The van der Waals surface area contributed by atoms with Gasteiger partial charge in [-0.05, 0) is 17.7 Å². The smallest absolute Gasteiger partial charge is 0.236 e. The van der Waals surface area contributed by atoms with E-state index in [2.05, 4.69) is 31.0 Å². The highest BCUT2D eigenvalue weighted by Gasteiger charge is 2.12. The van der Waals surface area contributed by atoms with Crippen LogP contribution in [0.3, 0.4) is 0 Å². The zero-order valence-electron chi connectivity index (χ0n) is 15.5. The van der Waals surface area contributed by atoms with Gasteiger partial charge in [0.05, 0.1) is 5.75 Å². The number of aromatic nitrogens is 4. The maximum Gasteiger partial charge on any atom is 0.236 e. The number of anilines is 2. The Bertz CT molecular complexity index is 946. The molecule has 0 saturated heterocycles. The van der Waals surface area contributed by atoms with Crippen LogP contribution in [0.25, 0.3) is 0 Å². The monoisotopic (exact) mass is 466 g/mol. The highest BCUT2D eigenvalue weighted by Crippen LogP contribution is 2.27. The zero-order chi connectivity index (χ0) is 20.5. The van der Waals surface area contributed by atoms with E-state index in [4.69, 9.17) is 0 Å². The van der Waals surface area contributed by atoms with Gasteiger partial charge in [-0.25, -0.2) is 0 Å². The van der Waals surface area contributed by atoms with Crippen molar-refractivity contribution in [1.29, 1.82) is 0 Å². The standard InChI is InChI=1S/C17H18N6O2S4/c1-2-26-16-22-21-15(28-16)19-13(25)10-27-17-23-20-14(29-17)18-12(24)9-8-11-6-4-3-5-7-11/h3-7H,2,8-10H2,1H3,(H,18,20,24)(H,19,21,25). The molecule has 2 heterocycles. The largest absolute Gasteiger partial charge is 0.300 e. The molecule has 0 bridgehead atoms. The lowest BCUT2D eigenvalue weighted by atomic mass is 10.1. The first-order valence-corrected chi connectivity index (χ1v) is 12.3. The van der Waals surface area contributed by atoms with Crippen LogP contribution in [0, 0.1) is 0 Å². The number of thioether (sulfide) groups is 2. The van der Waals surface area contributed by atoms with Crippen molar-refractivity contribution in [3.8, 4) is 0 Å². The number of nitrogens with one attached hydrogen (secondary N) is 2. The summed E-state index contributed by atoms with van der Waals surface area (Å²) in [6.45, 7) is 2.03. The van der Waals surface area contributed by atoms with Crippen LogP contribution >= 0.6 is 46.2 Å². The lowest BCUT2D eigenvalue weighted by Crippen LogP contribution is -2.13. The molecule has 152 valence electrons. The number of hydrogen-bond donors (Lipinski definition) is 2. The summed E-state index contributed by atoms with van der Waals surface area (Å²) in [6.07, 6.45) is 1.03. The predicted molar refractivity (Wildman–Crippen MR) is 119 cm³/mol. The van der Waals surface area contributed by atoms with Crippen LogP contribution in [0.1, 0.15) is 18.9 Å². The molecule has 2 aromatic heterocycles. The quantitative estimate of drug-likeness (QED) is 0.343. The van der Waals surface area contributed by atoms with E-state index >= 15 is 0 Å². The summed E-state index contributed by atoms with van der Waals surface area (Å²) in [6, 6.07) is 9.82. The Balaban J connectivity index is 1.40. The Morgan fingerprint density at radius 1 is 0.897 bits per heavy atom. The zero-order valence-corrected chi connectivity index (χ0v) is 18.7. The van der Waals surface area contributed by atoms with Gasteiger partial charge in [-0.3, -0.25) is 14.9 Å². The summed E-state index contributed by atoms with van der Waals surface area (Å²) < 4.78 is 1.44. The summed E-state index contributed by atoms with van der Waals surface area (Å²) in [5.41, 5.74) is 1.11. The Hall–Kier alpha value is -2.02. The third kappa shape index (κ3) is 7.38. The van der Waals surface area contributed by atoms with E-state index in [9.17, 15) is 9.59 Å². The van der Waals surface area contributed by atoms with Crippen LogP contribution in [0.4, 0.5) is 10.3 Å². The Kier molecular flexibility index (Phi) is 8.40. The van der Waals surface area contributed by atoms with Gasteiger partial charge in [-0.15, -0.1) is 20.4 Å². The average Bonchev–Trinajstić information content (AvgIpc) is 3.35. The van der Waals surface area contributed by atoms with Gasteiger partial charge in [0.1, 0.15) is 0 Å². The van der Waals surface area contributed by atoms with Crippen LogP contribution in [0.2, 0.25) is 0 Å². The highest BCUT2D eigenvalue weighted by atomic mass is 32.2. The molecule has 0 radical (unpaired) electrons. The van der Waals surface area contributed by atoms with Gasteiger partial charge in [0.15, 0.2) is 8.68 Å². The number of nitrogens with zero attached hydrogens (tertiary/aromatic N) is 4. The second-order valence-corrected chi connectivity index (χ2v) is 10.2. The number of rotatable bonds is 10. The number of benzene rings is 1. The molecule has 0 aliphatic carbocycles. The minimum absolute atomic E-state index is 0.115. The lowest BCUT2D eigenvalue weighted by Gasteiger charge is -2.01. The second kappa shape index (κ2) is 11.2. The van der Waals surface area contributed by atoms with Crippen LogP contribution in [0.5, 0.6) is 0 Å². The summed E-state index contributed by atoms with van der Waals surface area (Å²) in [5.74, 6) is 0.770. The number of amides is 2. The van der Waals surface area contributed by atoms with Crippen molar-refractivity contribution in [2.75, 3.05) is 22.1 Å². The number of hydrogen-bond acceptors (Lipinski definition) is 10. The van der Waals surface area contributed by atoms with E-state index in [1.807, 2.05) is 37.3 Å². The van der Waals surface area contributed by atoms with Crippen LogP contribution < -0.4 is 10.6 Å². The first-order valence-electron chi connectivity index (χ1n) is 8.68. The van der Waals surface area contributed by atoms with Crippen LogP contribution in [-0.4, -0.2) is 43.7 Å². The molecule has 0 unspecified atom stereocenters. The van der Waals surface area contributed by atoms with Crippen molar-refractivity contribution in [2.45, 2.75) is 28.4 Å². The average molecular weight is 467 g/mol. The molecule has 12 heteroatoms. The molecule has 0 aliphatic heterocycles. The van der Waals surface area contributed by atoms with Crippen molar-refractivity contribution in [3.63, 3.8) is 0 Å². The molecule has 0 aliphatic rings. The normalized spacial score (nSPS) is 10.7. The molecule has 1 aromatic carbocycles. The van der Waals surface area contributed by atoms with E-state index < -0.39 is 0 Å². The minimum atomic E-state index is -0.192. The van der Waals surface area contributed by atoms with E-state index in [-0.39, 0.29) is 17.6 Å². The lowest BCUT2D eigenvalue weighted by molar-refractivity contribution is -0.116. The van der Waals surface area contributed by atoms with Crippen molar-refractivity contribution in [1.82, 2.24) is 20.4 Å². The summed E-state index contributed by atoms with van der Waals surface area (Å²) in [7, 11) is 0. The van der Waals surface area contributed by atoms with Gasteiger partial charge in [-0.1, -0.05) is 83.5 Å². The number of carbonyl (C=O) groups is 2. The summed E-state index contributed by atoms with van der Waals surface area (Å²) in [4.78, 5) is 24.1. The Morgan fingerprint density at radius 2 is 1.52 bits per heavy atom. The van der Waals surface area contributed by atoms with Gasteiger partial charge >= 0.3 is 0 Å². The third-order valence-electron chi connectivity index (χ3n) is 3.38. The summed E-state index contributed by atoms with van der Waals surface area (Å²) >= 11 is 5.43. The SMILES string of the molecule is CCSc1nnc(NC(=O)CSc2nnc(NC(=O)CCc3ccccc3)s2)s1. The molecule has 0 atom stereocenters. The first kappa shape index (κ1) is 21.7. The van der Waals surface area contributed by atoms with Crippen LogP contribution in [-0.2, 0) is 16.0 Å². The fourth-order valence-electron chi connectivity index (χ4n) is 2.13. The van der Waals surface area contributed by atoms with Crippen molar-refractivity contribution >= 4 is 68.3 Å². The van der Waals surface area contributed by atoms with Crippen molar-refractivity contribution in [3.05, 3.63) is 35.9 Å². The predicted octanol–water partition coefficient (Wildman–Crippen LogP) is 3.80. The Labute approximate surface area is 184 Å². The van der Waals surface area contributed by atoms with Gasteiger partial charge in [0.25, 0.3) is 0 Å². The minimum Gasteiger partial charge on any atom is -0.300 e. The van der Waals surface area contributed by atoms with E-state index in [1.165, 1.54) is 34.4 Å². The molecule has 2 N–H and O–H groups in total. The van der Waals surface area contributed by atoms with Gasteiger partial charge < -0.3 is 5.32 Å². The van der Waals surface area contributed by atoms with Crippen molar-refractivity contribution in [2.24, 2.45) is 0 Å². The molecule has 29 heavy (non-hydrogen) atoms. The van der Waals surface area contributed by atoms with Gasteiger partial charge in [-0.2, -0.15) is 0 Å². The first-order chi connectivity index (χ1) is 14.1. The fourth-order valence-corrected chi connectivity index (χ4v) is 5.36. The molecule has 0 spiro atoms. The summed E-state index contributed by atoms with van der Waals surface area (Å²) in [5, 5.41) is 22.3. The Morgan fingerprint density at radius 3 is 2.17 bits per heavy atom. The topological polar surface area (TPSA) is 110 Å². The maximum atomic E-state index is 12.1. The molecule has 3 aromatic rings. The maximum absolute atomic E-state index is 12.1. The number of carbonyl (C=O) groups excluding carboxylic acids is 2. The fraction of sp³-hybridized carbons (Fsp3) is 0.294. The molecule has 0 saturated carbocycles. The highest BCUT2D eigenvalue weighted by molar-refractivity contribution is 8.01. The molecule has 2 amide bonds. The van der Waals surface area contributed by atoms with Gasteiger partial charge in [0, 0.05) is 6.42 Å². The van der Waals surface area contributed by atoms with Crippen LogP contribution in [0.15, 0.2) is 39.0 Å². The molecule has 0 fully saturated rings. The molecular weight excluding hydrogens is 448 g/mol. The number of aryl methyl sites for hydroxylation is 1. The van der Waals surface area contributed by atoms with E-state index in [0.717, 1.165) is 15.7 Å². The van der Waals surface area contributed by atoms with Gasteiger partial charge in [0.2, 0.25) is 22.1 Å². The van der Waals surface area contributed by atoms with E-state index in [1.54, 1.807) is 11.8 Å². The molecule has 3 rings (SSSR count). The molecular formula is C17H18N6O2S4. The van der Waals surface area contributed by atoms with E-state index in [0.29, 0.717) is 27.4 Å².